The maximum atomic E-state index is 12.1. The number of esters is 1. The number of hydrogen-bond acceptors (Lipinski definition) is 3. The maximum absolute atomic E-state index is 12.1. The highest BCUT2D eigenvalue weighted by atomic mass is 16.5. The van der Waals surface area contributed by atoms with Crippen molar-refractivity contribution in [1.82, 2.24) is 10.3 Å². The average molecular weight is 350 g/mol. The average Bonchev–Trinajstić information content (AvgIpc) is 3.10. The van der Waals surface area contributed by atoms with Crippen molar-refractivity contribution in [2.75, 3.05) is 6.61 Å². The Balaban J connectivity index is 1.53. The second kappa shape index (κ2) is 7.87. The molecular formula is C21H22N2O3. The van der Waals surface area contributed by atoms with Crippen LogP contribution in [0.2, 0.25) is 0 Å². The minimum absolute atomic E-state index is 0.153. The molecule has 0 fully saturated rings. The van der Waals surface area contributed by atoms with Gasteiger partial charge in [-0.1, -0.05) is 49.4 Å². The van der Waals surface area contributed by atoms with Crippen LogP contribution < -0.4 is 5.32 Å². The molecule has 3 rings (SSSR count). The Kier molecular flexibility index (Phi) is 5.37. The maximum Gasteiger partial charge on any atom is 0.355 e. The summed E-state index contributed by atoms with van der Waals surface area (Å²) in [6.45, 7) is 3.69. The van der Waals surface area contributed by atoms with Crippen LogP contribution >= 0.6 is 0 Å². The number of nitrogens with one attached hydrogen (secondary N) is 2. The molecule has 0 aliphatic heterocycles. The number of benzene rings is 2. The van der Waals surface area contributed by atoms with Gasteiger partial charge in [0.1, 0.15) is 5.69 Å². The fraction of sp³-hybridized carbons (Fsp3) is 0.238. The third kappa shape index (κ3) is 4.11. The van der Waals surface area contributed by atoms with Crippen LogP contribution in [0, 0.1) is 0 Å². The smallest absolute Gasteiger partial charge is 0.355 e. The van der Waals surface area contributed by atoms with Gasteiger partial charge in [0, 0.05) is 10.9 Å². The lowest BCUT2D eigenvalue weighted by Crippen LogP contribution is -2.31. The second-order valence-corrected chi connectivity index (χ2v) is 6.23. The van der Waals surface area contributed by atoms with Crippen LogP contribution in [-0.4, -0.2) is 23.5 Å². The highest BCUT2D eigenvalue weighted by Gasteiger charge is 2.14. The van der Waals surface area contributed by atoms with Gasteiger partial charge in [0.15, 0.2) is 6.61 Å². The number of para-hydroxylation sites is 1. The van der Waals surface area contributed by atoms with Gasteiger partial charge in [-0.3, -0.25) is 4.79 Å². The Bertz CT molecular complexity index is 879. The molecule has 0 bridgehead atoms. The van der Waals surface area contributed by atoms with Gasteiger partial charge in [-0.05, 0) is 36.6 Å². The van der Waals surface area contributed by atoms with E-state index in [9.17, 15) is 9.59 Å². The molecule has 0 unspecified atom stereocenters. The van der Waals surface area contributed by atoms with Gasteiger partial charge in [0.25, 0.3) is 5.91 Å². The predicted molar refractivity (Wildman–Crippen MR) is 101 cm³/mol. The molecule has 134 valence electrons. The number of aromatic amines is 1. The molecule has 2 aromatic carbocycles. The van der Waals surface area contributed by atoms with E-state index in [1.165, 1.54) is 5.56 Å². The number of H-pyrrole nitrogens is 1. The molecule has 1 heterocycles. The first kappa shape index (κ1) is 17.7. The van der Waals surface area contributed by atoms with Crippen molar-refractivity contribution in [1.29, 1.82) is 0 Å². The summed E-state index contributed by atoms with van der Waals surface area (Å²) in [6, 6.07) is 17.2. The van der Waals surface area contributed by atoms with Crippen molar-refractivity contribution >= 4 is 22.8 Å². The number of aryl methyl sites for hydroxylation is 1. The molecule has 0 radical (unpaired) electrons. The number of carbonyl (C=O) groups is 2. The Morgan fingerprint density at radius 2 is 1.85 bits per heavy atom. The summed E-state index contributed by atoms with van der Waals surface area (Å²) < 4.78 is 5.11. The monoisotopic (exact) mass is 350 g/mol. The molecule has 0 spiro atoms. The lowest BCUT2D eigenvalue weighted by molar-refractivity contribution is -0.124. The molecule has 3 aromatic rings. The SMILES string of the molecule is CCc1ccc([C@H](C)NC(=O)COC(=O)c2cc3ccccc3[nH]2)cc1. The molecule has 1 atom stereocenters. The number of amides is 1. The zero-order valence-electron chi connectivity index (χ0n) is 14.9. The van der Waals surface area contributed by atoms with E-state index in [1.54, 1.807) is 6.07 Å². The summed E-state index contributed by atoms with van der Waals surface area (Å²) in [5.41, 5.74) is 3.45. The number of hydrogen-bond donors (Lipinski definition) is 2. The normalized spacial score (nSPS) is 11.9. The minimum Gasteiger partial charge on any atom is -0.451 e. The first-order valence-electron chi connectivity index (χ1n) is 8.70. The number of fused-ring (bicyclic) bond motifs is 1. The molecule has 0 saturated heterocycles. The highest BCUT2D eigenvalue weighted by Crippen LogP contribution is 2.16. The summed E-state index contributed by atoms with van der Waals surface area (Å²) in [5.74, 6) is -0.877. The van der Waals surface area contributed by atoms with Gasteiger partial charge in [-0.15, -0.1) is 0 Å². The highest BCUT2D eigenvalue weighted by molar-refractivity contribution is 5.95. The Hall–Kier alpha value is -3.08. The van der Waals surface area contributed by atoms with Crippen molar-refractivity contribution in [3.05, 3.63) is 71.4 Å². The number of ether oxygens (including phenoxy) is 1. The van der Waals surface area contributed by atoms with Gasteiger partial charge in [-0.2, -0.15) is 0 Å². The van der Waals surface area contributed by atoms with Crippen LogP contribution in [0.15, 0.2) is 54.6 Å². The number of carbonyl (C=O) groups excluding carboxylic acids is 2. The molecule has 5 nitrogen and oxygen atoms in total. The first-order chi connectivity index (χ1) is 12.6. The van der Waals surface area contributed by atoms with Crippen LogP contribution in [0.3, 0.4) is 0 Å². The van der Waals surface area contributed by atoms with Crippen LogP contribution in [0.25, 0.3) is 10.9 Å². The fourth-order valence-electron chi connectivity index (χ4n) is 2.80. The Labute approximate surface area is 152 Å². The van der Waals surface area contributed by atoms with E-state index in [1.807, 2.05) is 55.5 Å². The van der Waals surface area contributed by atoms with Crippen LogP contribution in [-0.2, 0) is 16.0 Å². The molecule has 0 aliphatic rings. The summed E-state index contributed by atoms with van der Waals surface area (Å²) >= 11 is 0. The van der Waals surface area contributed by atoms with Crippen molar-refractivity contribution in [2.45, 2.75) is 26.3 Å². The Morgan fingerprint density at radius 3 is 2.54 bits per heavy atom. The molecule has 26 heavy (non-hydrogen) atoms. The lowest BCUT2D eigenvalue weighted by Gasteiger charge is -2.14. The third-order valence-corrected chi connectivity index (χ3v) is 4.35. The van der Waals surface area contributed by atoms with E-state index in [4.69, 9.17) is 4.74 Å². The van der Waals surface area contributed by atoms with Gasteiger partial charge in [-0.25, -0.2) is 4.79 Å². The number of aromatic nitrogens is 1. The summed E-state index contributed by atoms with van der Waals surface area (Å²) in [6.07, 6.45) is 0.977. The Morgan fingerprint density at radius 1 is 1.12 bits per heavy atom. The van der Waals surface area contributed by atoms with E-state index in [2.05, 4.69) is 17.2 Å². The van der Waals surface area contributed by atoms with E-state index >= 15 is 0 Å². The second-order valence-electron chi connectivity index (χ2n) is 6.23. The topological polar surface area (TPSA) is 71.2 Å². The van der Waals surface area contributed by atoms with Crippen molar-refractivity contribution < 1.29 is 14.3 Å². The number of rotatable bonds is 6. The van der Waals surface area contributed by atoms with Crippen LogP contribution in [0.4, 0.5) is 0 Å². The fourth-order valence-corrected chi connectivity index (χ4v) is 2.80. The van der Waals surface area contributed by atoms with Crippen LogP contribution in [0.5, 0.6) is 0 Å². The predicted octanol–water partition coefficient (Wildman–Crippen LogP) is 3.76. The van der Waals surface area contributed by atoms with Gasteiger partial charge in [0.05, 0.1) is 6.04 Å². The minimum atomic E-state index is -0.545. The largest absolute Gasteiger partial charge is 0.451 e. The zero-order chi connectivity index (χ0) is 18.5. The van der Waals surface area contributed by atoms with Gasteiger partial charge < -0.3 is 15.0 Å². The van der Waals surface area contributed by atoms with Gasteiger partial charge in [0.2, 0.25) is 0 Å². The summed E-state index contributed by atoms with van der Waals surface area (Å²) in [5, 5.41) is 3.76. The zero-order valence-corrected chi connectivity index (χ0v) is 14.9. The lowest BCUT2D eigenvalue weighted by atomic mass is 10.1. The molecule has 2 N–H and O–H groups in total. The molecule has 5 heteroatoms. The van der Waals surface area contributed by atoms with Crippen molar-refractivity contribution in [2.24, 2.45) is 0 Å². The quantitative estimate of drug-likeness (QED) is 0.665. The van der Waals surface area contributed by atoms with E-state index in [0.717, 1.165) is 22.9 Å². The molecular weight excluding hydrogens is 328 g/mol. The summed E-state index contributed by atoms with van der Waals surface area (Å²) in [7, 11) is 0. The summed E-state index contributed by atoms with van der Waals surface area (Å²) in [4.78, 5) is 27.2. The third-order valence-electron chi connectivity index (χ3n) is 4.35. The molecule has 1 aromatic heterocycles. The standard InChI is InChI=1S/C21H22N2O3/c1-3-15-8-10-16(11-9-15)14(2)22-20(24)13-26-21(25)19-12-17-6-4-5-7-18(17)23-19/h4-12,14,23H,3,13H2,1-2H3,(H,22,24)/t14-/m0/s1. The van der Waals surface area contributed by atoms with Gasteiger partial charge >= 0.3 is 5.97 Å². The molecule has 0 saturated carbocycles. The first-order valence-corrected chi connectivity index (χ1v) is 8.70. The van der Waals surface area contributed by atoms with E-state index < -0.39 is 5.97 Å². The van der Waals surface area contributed by atoms with Crippen LogP contribution in [0.1, 0.15) is 41.5 Å². The van der Waals surface area contributed by atoms with Crippen molar-refractivity contribution in [3.8, 4) is 0 Å². The molecule has 1 amide bonds. The molecule has 0 aliphatic carbocycles. The van der Waals surface area contributed by atoms with E-state index in [-0.39, 0.29) is 18.6 Å². The van der Waals surface area contributed by atoms with E-state index in [0.29, 0.717) is 5.69 Å². The van der Waals surface area contributed by atoms with Crippen molar-refractivity contribution in [3.63, 3.8) is 0 Å².